The van der Waals surface area contributed by atoms with Crippen LogP contribution in [0.1, 0.15) is 92.9 Å². The molecule has 416 valence electrons. The van der Waals surface area contributed by atoms with Crippen molar-refractivity contribution in [3.05, 3.63) is 23.0 Å². The fourth-order valence-corrected chi connectivity index (χ4v) is 14.4. The number of aliphatic hydroxyl groups excluding tert-OH is 11. The van der Waals surface area contributed by atoms with Gasteiger partial charge in [-0.15, -0.1) is 0 Å². The van der Waals surface area contributed by atoms with Gasteiger partial charge in [0.25, 0.3) is 0 Å². The molecular formula is C51H80O22. The van der Waals surface area contributed by atoms with Gasteiger partial charge in [0, 0.05) is 31.1 Å². The van der Waals surface area contributed by atoms with E-state index < -0.39 is 147 Å². The molecule has 0 aromatic rings. The maximum atomic E-state index is 12.5. The minimum Gasteiger partial charge on any atom is -0.494 e. The van der Waals surface area contributed by atoms with Crippen molar-refractivity contribution in [2.75, 3.05) is 26.4 Å². The molecule has 0 aromatic carbocycles. The van der Waals surface area contributed by atoms with Gasteiger partial charge in [-0.25, -0.2) is 0 Å². The summed E-state index contributed by atoms with van der Waals surface area (Å²) in [6.45, 7) is 10.4. The molecule has 0 unspecified atom stereocenters. The first-order valence-corrected chi connectivity index (χ1v) is 26.3. The van der Waals surface area contributed by atoms with Crippen LogP contribution in [0.3, 0.4) is 0 Å². The molecule has 0 spiro atoms. The van der Waals surface area contributed by atoms with Crippen LogP contribution in [-0.4, -0.2) is 217 Å². The number of allylic oxidation sites excluding steroid dienone is 2. The summed E-state index contributed by atoms with van der Waals surface area (Å²) < 4.78 is 61.6. The molecule has 7 fully saturated rings. The van der Waals surface area contributed by atoms with Crippen molar-refractivity contribution in [2.45, 2.75) is 222 Å². The Morgan fingerprint density at radius 2 is 1.48 bits per heavy atom. The molecule has 28 atom stereocenters. The standard InChI is InChI=1S/C51H80O22/c1-20(17-64-46-42(62)40(60)38(58)32(16-52)70-46)7-10-30-21(2)35-31(69-30)15-28-26-9-8-24-13-25(54)14-34(51(24,6)27(26)11-12-50(28,35)5)71-49-45(73-48-43(63)39(59)36(56)22(3)67-48)44(33(19-66-49)68-23(4)53)72-47-41(61)37(57)29(55)18-65-47/h8,20,22,25-29,31-49,52,54-63H,7,9-19H2,1-6H3/t20-,22-,25+,26+,27-,28-,29-,31-,32+,33-,34+,35-,36+,37+,38-,39+,40-,41+,42-,43-,44-,45-,46+,47+,48-,49+,50+,51-/m1/s1. The Morgan fingerprint density at radius 1 is 0.795 bits per heavy atom. The highest BCUT2D eigenvalue weighted by Gasteiger charge is 2.66. The Balaban J connectivity index is 0.928. The van der Waals surface area contributed by atoms with E-state index in [2.05, 4.69) is 26.8 Å². The monoisotopic (exact) mass is 1040 g/mol. The highest BCUT2D eigenvalue weighted by Crippen LogP contribution is 2.69. The second-order valence-corrected chi connectivity index (χ2v) is 23.0. The van der Waals surface area contributed by atoms with Gasteiger partial charge in [0.15, 0.2) is 31.3 Å². The molecule has 9 aliphatic rings. The molecule has 0 aromatic heterocycles. The highest BCUT2D eigenvalue weighted by molar-refractivity contribution is 5.66. The normalized spacial score (nSPS) is 51.2. The van der Waals surface area contributed by atoms with Gasteiger partial charge in [0.2, 0.25) is 0 Å². The van der Waals surface area contributed by atoms with Gasteiger partial charge in [0.1, 0.15) is 79.4 Å². The van der Waals surface area contributed by atoms with Crippen molar-refractivity contribution in [1.29, 1.82) is 0 Å². The SMILES string of the molecule is CC(=O)O[C@@H]1CO[C@@H](O[C@H]2C[C@@H](O)CC3=CC[C@@H]4[C@H]5C[C@H]6OC(CC[C@@H](C)CO[C@H]7O[C@@H](CO)[C@@H](O)[C@@H](O)[C@H]7O)=C(C)[C@H]6[C@@]5(C)CC[C@H]4[C@@]32C)[C@H](O[C@H]2O[C@H](C)[C@H](O)[C@H](O)[C@H]2O)[C@@H]1O[C@@H]1OC[C@@H](O)[C@H](O)[C@@H]1O. The lowest BCUT2D eigenvalue weighted by atomic mass is 9.46. The predicted octanol–water partition coefficient (Wildman–Crippen LogP) is -1.24. The third-order valence-electron chi connectivity index (χ3n) is 18.5. The smallest absolute Gasteiger partial charge is 0.303 e. The van der Waals surface area contributed by atoms with Gasteiger partial charge in [-0.2, -0.15) is 0 Å². The van der Waals surface area contributed by atoms with Crippen molar-refractivity contribution in [1.82, 2.24) is 0 Å². The summed E-state index contributed by atoms with van der Waals surface area (Å²) in [4.78, 5) is 12.5. The number of ether oxygens (including phenoxy) is 10. The van der Waals surface area contributed by atoms with E-state index in [9.17, 15) is 61.0 Å². The second-order valence-electron chi connectivity index (χ2n) is 23.0. The Morgan fingerprint density at radius 3 is 2.21 bits per heavy atom. The lowest BCUT2D eigenvalue weighted by molar-refractivity contribution is -0.382. The summed E-state index contributed by atoms with van der Waals surface area (Å²) >= 11 is 0. The first-order valence-electron chi connectivity index (χ1n) is 26.3. The van der Waals surface area contributed by atoms with Crippen molar-refractivity contribution in [3.63, 3.8) is 0 Å². The van der Waals surface area contributed by atoms with Crippen LogP contribution in [0, 0.1) is 40.4 Å². The molecule has 0 amide bonds. The molecular weight excluding hydrogens is 965 g/mol. The minimum atomic E-state index is -1.78. The number of esters is 1. The number of carbonyl (C=O) groups is 1. The van der Waals surface area contributed by atoms with Gasteiger partial charge in [-0.3, -0.25) is 4.79 Å². The van der Waals surface area contributed by atoms with E-state index in [-0.39, 0.29) is 54.8 Å². The highest BCUT2D eigenvalue weighted by atomic mass is 16.8. The van der Waals surface area contributed by atoms with E-state index in [1.54, 1.807) is 0 Å². The number of hydrogen-bond donors (Lipinski definition) is 11. The number of rotatable bonds is 14. The zero-order chi connectivity index (χ0) is 52.6. The van der Waals surface area contributed by atoms with Crippen LogP contribution in [0.5, 0.6) is 0 Å². The van der Waals surface area contributed by atoms with E-state index in [4.69, 9.17) is 47.4 Å². The minimum absolute atomic E-state index is 0.00535. The summed E-state index contributed by atoms with van der Waals surface area (Å²) in [6, 6.07) is 0. The lowest BCUT2D eigenvalue weighted by Gasteiger charge is -2.60. The Hall–Kier alpha value is -2.01. The summed E-state index contributed by atoms with van der Waals surface area (Å²) in [5.74, 6) is 1.13. The zero-order valence-corrected chi connectivity index (χ0v) is 42.5. The van der Waals surface area contributed by atoms with Crippen molar-refractivity contribution in [2.24, 2.45) is 40.4 Å². The van der Waals surface area contributed by atoms with E-state index in [1.165, 1.54) is 19.4 Å². The van der Waals surface area contributed by atoms with Crippen molar-refractivity contribution >= 4 is 5.97 Å². The fraction of sp³-hybridized carbons (Fsp3) is 0.902. The van der Waals surface area contributed by atoms with Crippen LogP contribution in [-0.2, 0) is 52.2 Å². The van der Waals surface area contributed by atoms with E-state index in [0.717, 1.165) is 43.4 Å². The molecule has 5 heterocycles. The van der Waals surface area contributed by atoms with Gasteiger partial charge >= 0.3 is 5.97 Å². The molecule has 5 aliphatic heterocycles. The summed E-state index contributed by atoms with van der Waals surface area (Å²) in [7, 11) is 0. The first-order chi connectivity index (χ1) is 34.6. The zero-order valence-electron chi connectivity index (χ0n) is 42.5. The second kappa shape index (κ2) is 22.0. The Kier molecular flexibility index (Phi) is 16.8. The maximum absolute atomic E-state index is 12.5. The number of hydrogen-bond acceptors (Lipinski definition) is 22. The maximum Gasteiger partial charge on any atom is 0.303 e. The van der Waals surface area contributed by atoms with Crippen LogP contribution >= 0.6 is 0 Å². The van der Waals surface area contributed by atoms with Crippen LogP contribution in [0.15, 0.2) is 23.0 Å². The van der Waals surface area contributed by atoms with Crippen LogP contribution in [0.4, 0.5) is 0 Å². The number of carbonyl (C=O) groups excluding carboxylic acids is 1. The number of aliphatic hydroxyl groups is 11. The van der Waals surface area contributed by atoms with Gasteiger partial charge < -0.3 is 104 Å². The molecule has 22 nitrogen and oxygen atoms in total. The third kappa shape index (κ3) is 10.3. The quantitative estimate of drug-likeness (QED) is 0.0716. The number of fused-ring (bicyclic) bond motifs is 7. The topological polar surface area (TPSA) is 332 Å². The van der Waals surface area contributed by atoms with Gasteiger partial charge in [-0.05, 0) is 87.0 Å². The van der Waals surface area contributed by atoms with Crippen LogP contribution in [0.25, 0.3) is 0 Å². The molecule has 4 aliphatic carbocycles. The fourth-order valence-electron chi connectivity index (χ4n) is 14.4. The van der Waals surface area contributed by atoms with Gasteiger partial charge in [0.05, 0.1) is 50.5 Å². The van der Waals surface area contributed by atoms with E-state index in [1.807, 2.05) is 6.92 Å². The molecule has 22 heteroatoms. The largest absolute Gasteiger partial charge is 0.494 e. The molecule has 9 rings (SSSR count). The average Bonchev–Trinajstić information content (AvgIpc) is 3.84. The summed E-state index contributed by atoms with van der Waals surface area (Å²) in [6.07, 6.45) is -19.8. The van der Waals surface area contributed by atoms with E-state index in [0.29, 0.717) is 18.8 Å². The Labute approximate surface area is 425 Å². The lowest BCUT2D eigenvalue weighted by Crippen LogP contribution is -2.65. The van der Waals surface area contributed by atoms with E-state index >= 15 is 0 Å². The molecule has 11 N–H and O–H groups in total. The summed E-state index contributed by atoms with van der Waals surface area (Å²) in [5.41, 5.74) is 1.62. The van der Waals surface area contributed by atoms with Crippen LogP contribution in [0.2, 0.25) is 0 Å². The molecule has 4 saturated heterocycles. The third-order valence-corrected chi connectivity index (χ3v) is 18.5. The van der Waals surface area contributed by atoms with Gasteiger partial charge in [-0.1, -0.05) is 32.4 Å². The summed E-state index contributed by atoms with van der Waals surface area (Å²) in [5, 5.41) is 116. The predicted molar refractivity (Wildman–Crippen MR) is 248 cm³/mol. The van der Waals surface area contributed by atoms with Crippen LogP contribution < -0.4 is 0 Å². The first kappa shape index (κ1) is 55.7. The molecule has 73 heavy (non-hydrogen) atoms. The molecule has 0 bridgehead atoms. The molecule has 0 radical (unpaired) electrons. The van der Waals surface area contributed by atoms with Crippen molar-refractivity contribution in [3.8, 4) is 0 Å². The Bertz CT molecular complexity index is 1990. The average molecular weight is 1050 g/mol. The van der Waals surface area contributed by atoms with Crippen molar-refractivity contribution < 1.29 is 108 Å². The molecule has 3 saturated carbocycles.